The van der Waals surface area contributed by atoms with Gasteiger partial charge in [-0.3, -0.25) is 9.69 Å². The van der Waals surface area contributed by atoms with Crippen molar-refractivity contribution in [3.05, 3.63) is 64.2 Å². The predicted molar refractivity (Wildman–Crippen MR) is 89.7 cm³/mol. The molecule has 1 aliphatic rings. The highest BCUT2D eigenvalue weighted by molar-refractivity contribution is 8.00. The summed E-state index contributed by atoms with van der Waals surface area (Å²) in [5.74, 6) is -0.332. The fourth-order valence-corrected chi connectivity index (χ4v) is 4.04. The zero-order chi connectivity index (χ0) is 16.7. The Bertz CT molecular complexity index is 768. The Morgan fingerprint density at radius 2 is 1.70 bits per heavy atom. The van der Waals surface area contributed by atoms with Crippen LogP contribution in [-0.2, 0) is 4.79 Å². The Balaban J connectivity index is 2.09. The normalized spacial score (nSPS) is 17.9. The zero-order valence-electron chi connectivity index (χ0n) is 13.2. The zero-order valence-corrected chi connectivity index (χ0v) is 14.0. The lowest BCUT2D eigenvalue weighted by molar-refractivity contribution is -0.115. The Kier molecular flexibility index (Phi) is 4.15. The maximum absolute atomic E-state index is 13.9. The van der Waals surface area contributed by atoms with Crippen LogP contribution in [0.4, 0.5) is 14.5 Å². The third kappa shape index (κ3) is 2.85. The predicted octanol–water partition coefficient (Wildman–Crippen LogP) is 4.67. The summed E-state index contributed by atoms with van der Waals surface area (Å²) < 4.78 is 27.5. The van der Waals surface area contributed by atoms with Crippen LogP contribution in [-0.4, -0.2) is 11.7 Å². The molecule has 1 fully saturated rings. The first kappa shape index (κ1) is 16.0. The van der Waals surface area contributed by atoms with Gasteiger partial charge in [0, 0.05) is 0 Å². The molecule has 0 bridgehead atoms. The highest BCUT2D eigenvalue weighted by Gasteiger charge is 2.35. The van der Waals surface area contributed by atoms with E-state index in [1.54, 1.807) is 36.9 Å². The summed E-state index contributed by atoms with van der Waals surface area (Å²) in [6.07, 6.45) is 0. The second kappa shape index (κ2) is 5.96. The number of carbonyl (C=O) groups excluding carboxylic acids is 1. The van der Waals surface area contributed by atoms with E-state index in [4.69, 9.17) is 0 Å². The first-order chi connectivity index (χ1) is 10.9. The second-order valence-electron chi connectivity index (χ2n) is 5.83. The lowest BCUT2D eigenvalue weighted by Crippen LogP contribution is -2.28. The summed E-state index contributed by atoms with van der Waals surface area (Å²) in [7, 11) is 0. The van der Waals surface area contributed by atoms with Gasteiger partial charge in [-0.15, -0.1) is 11.8 Å². The number of thioether (sulfide) groups is 1. The van der Waals surface area contributed by atoms with Crippen molar-refractivity contribution in [2.24, 2.45) is 0 Å². The molecule has 2 aromatic rings. The molecule has 3 rings (SSSR count). The Morgan fingerprint density at radius 3 is 2.35 bits per heavy atom. The van der Waals surface area contributed by atoms with Gasteiger partial charge in [0.25, 0.3) is 0 Å². The topological polar surface area (TPSA) is 20.3 Å². The van der Waals surface area contributed by atoms with Crippen LogP contribution in [0.1, 0.15) is 27.6 Å². The van der Waals surface area contributed by atoms with Gasteiger partial charge in [-0.1, -0.05) is 18.2 Å². The number of halogens is 2. The van der Waals surface area contributed by atoms with E-state index in [0.717, 1.165) is 11.1 Å². The number of hydrogen-bond donors (Lipinski definition) is 0. The number of hydrogen-bond acceptors (Lipinski definition) is 2. The van der Waals surface area contributed by atoms with Gasteiger partial charge in [0.05, 0.1) is 11.4 Å². The maximum atomic E-state index is 13.9. The third-order valence-electron chi connectivity index (χ3n) is 4.04. The van der Waals surface area contributed by atoms with Gasteiger partial charge < -0.3 is 0 Å². The standard InChI is InChI=1S/C18H17F2NOS/c1-10-4-5-14(19)8-15(10)21-16(22)9-23-18(21)13-6-11(2)17(20)12(3)7-13/h4-8,18H,9H2,1-3H3. The van der Waals surface area contributed by atoms with E-state index in [9.17, 15) is 13.6 Å². The number of amides is 1. The van der Waals surface area contributed by atoms with Crippen LogP contribution in [0, 0.1) is 32.4 Å². The summed E-state index contributed by atoms with van der Waals surface area (Å²) in [6, 6.07) is 7.96. The summed E-state index contributed by atoms with van der Waals surface area (Å²) in [5, 5.41) is -0.263. The van der Waals surface area contributed by atoms with E-state index in [-0.39, 0.29) is 22.9 Å². The maximum Gasteiger partial charge on any atom is 0.238 e. The van der Waals surface area contributed by atoms with Crippen LogP contribution >= 0.6 is 11.8 Å². The first-order valence-corrected chi connectivity index (χ1v) is 8.40. The molecule has 2 aromatic carbocycles. The summed E-state index contributed by atoms with van der Waals surface area (Å²) >= 11 is 1.48. The number of benzene rings is 2. The van der Waals surface area contributed by atoms with Crippen molar-refractivity contribution in [2.45, 2.75) is 26.1 Å². The van der Waals surface area contributed by atoms with E-state index in [1.165, 1.54) is 23.9 Å². The van der Waals surface area contributed by atoms with Crippen molar-refractivity contribution >= 4 is 23.4 Å². The smallest absolute Gasteiger partial charge is 0.238 e. The van der Waals surface area contributed by atoms with Crippen LogP contribution < -0.4 is 4.90 Å². The minimum Gasteiger partial charge on any atom is -0.295 e. The molecule has 1 heterocycles. The number of carbonyl (C=O) groups is 1. The first-order valence-electron chi connectivity index (χ1n) is 7.35. The molecule has 1 amide bonds. The highest BCUT2D eigenvalue weighted by Crippen LogP contribution is 2.43. The third-order valence-corrected chi connectivity index (χ3v) is 5.25. The second-order valence-corrected chi connectivity index (χ2v) is 6.90. The van der Waals surface area contributed by atoms with E-state index >= 15 is 0 Å². The molecular weight excluding hydrogens is 316 g/mol. The minimum atomic E-state index is -0.375. The lowest BCUT2D eigenvalue weighted by atomic mass is 10.0. The lowest BCUT2D eigenvalue weighted by Gasteiger charge is -2.26. The van der Waals surface area contributed by atoms with Gasteiger partial charge >= 0.3 is 0 Å². The Labute approximate surface area is 138 Å². The molecule has 0 aliphatic carbocycles. The molecule has 1 saturated heterocycles. The minimum absolute atomic E-state index is 0.0617. The molecule has 0 aromatic heterocycles. The van der Waals surface area contributed by atoms with Crippen molar-refractivity contribution in [1.29, 1.82) is 0 Å². The van der Waals surface area contributed by atoms with Crippen molar-refractivity contribution in [3.63, 3.8) is 0 Å². The van der Waals surface area contributed by atoms with Gasteiger partial charge in [0.15, 0.2) is 0 Å². The SMILES string of the molecule is Cc1ccc(F)cc1N1C(=O)CSC1c1cc(C)c(F)c(C)c1. The molecule has 0 spiro atoms. The van der Waals surface area contributed by atoms with Crippen molar-refractivity contribution in [2.75, 3.05) is 10.7 Å². The molecule has 0 radical (unpaired) electrons. The molecule has 1 atom stereocenters. The quantitative estimate of drug-likeness (QED) is 0.796. The molecule has 120 valence electrons. The highest BCUT2D eigenvalue weighted by atomic mass is 32.2. The molecule has 1 unspecified atom stereocenters. The Morgan fingerprint density at radius 1 is 1.04 bits per heavy atom. The average molecular weight is 333 g/mol. The molecule has 5 heteroatoms. The van der Waals surface area contributed by atoms with E-state index in [1.807, 2.05) is 6.92 Å². The Hall–Kier alpha value is -1.88. The van der Waals surface area contributed by atoms with Crippen LogP contribution in [0.3, 0.4) is 0 Å². The van der Waals surface area contributed by atoms with Gasteiger partial charge in [-0.05, 0) is 55.2 Å². The van der Waals surface area contributed by atoms with E-state index < -0.39 is 0 Å². The molecule has 0 saturated carbocycles. The fourth-order valence-electron chi connectivity index (χ4n) is 2.90. The molecule has 2 nitrogen and oxygen atoms in total. The van der Waals surface area contributed by atoms with E-state index in [0.29, 0.717) is 22.6 Å². The van der Waals surface area contributed by atoms with Gasteiger partial charge in [0.1, 0.15) is 17.0 Å². The number of aryl methyl sites for hydroxylation is 3. The molecule has 1 aliphatic heterocycles. The number of anilines is 1. The molecular formula is C18H17F2NOS. The van der Waals surface area contributed by atoms with Crippen LogP contribution in [0.25, 0.3) is 0 Å². The number of nitrogens with zero attached hydrogens (tertiary/aromatic N) is 1. The van der Waals surface area contributed by atoms with Crippen LogP contribution in [0.15, 0.2) is 30.3 Å². The summed E-state index contributed by atoms with van der Waals surface area (Å²) in [4.78, 5) is 14.0. The monoisotopic (exact) mass is 333 g/mol. The average Bonchev–Trinajstić information content (AvgIpc) is 2.88. The molecule has 0 N–H and O–H groups in total. The van der Waals surface area contributed by atoms with E-state index in [2.05, 4.69) is 0 Å². The fraction of sp³-hybridized carbons (Fsp3) is 0.278. The summed E-state index contributed by atoms with van der Waals surface area (Å²) in [6.45, 7) is 5.28. The van der Waals surface area contributed by atoms with Crippen molar-refractivity contribution in [3.8, 4) is 0 Å². The van der Waals surface area contributed by atoms with Crippen LogP contribution in [0.2, 0.25) is 0 Å². The number of rotatable bonds is 2. The largest absolute Gasteiger partial charge is 0.295 e. The van der Waals surface area contributed by atoms with Gasteiger partial charge in [-0.2, -0.15) is 0 Å². The van der Waals surface area contributed by atoms with Crippen LogP contribution in [0.5, 0.6) is 0 Å². The van der Waals surface area contributed by atoms with Crippen molar-refractivity contribution < 1.29 is 13.6 Å². The molecule has 23 heavy (non-hydrogen) atoms. The summed E-state index contributed by atoms with van der Waals surface area (Å²) in [5.41, 5.74) is 3.38. The van der Waals surface area contributed by atoms with Gasteiger partial charge in [-0.25, -0.2) is 8.78 Å². The van der Waals surface area contributed by atoms with Crippen molar-refractivity contribution in [1.82, 2.24) is 0 Å². The van der Waals surface area contributed by atoms with Gasteiger partial charge in [0.2, 0.25) is 5.91 Å².